The summed E-state index contributed by atoms with van der Waals surface area (Å²) in [6.07, 6.45) is 4.70. The van der Waals surface area contributed by atoms with E-state index < -0.39 is 6.10 Å². The van der Waals surface area contributed by atoms with Gasteiger partial charge in [-0.05, 0) is 23.6 Å². The van der Waals surface area contributed by atoms with E-state index in [-0.39, 0.29) is 6.61 Å². The van der Waals surface area contributed by atoms with Crippen LogP contribution in [-0.4, -0.2) is 32.4 Å². The molecule has 1 N–H and O–H groups in total. The quantitative estimate of drug-likeness (QED) is 0.728. The van der Waals surface area contributed by atoms with Crippen molar-refractivity contribution >= 4 is 11.3 Å². The van der Waals surface area contributed by atoms with Gasteiger partial charge in [0.15, 0.2) is 5.82 Å². The van der Waals surface area contributed by atoms with Gasteiger partial charge in [0.25, 0.3) is 0 Å². The molecule has 0 saturated heterocycles. The van der Waals surface area contributed by atoms with E-state index in [2.05, 4.69) is 9.97 Å². The van der Waals surface area contributed by atoms with E-state index in [1.54, 1.807) is 23.7 Å². The van der Waals surface area contributed by atoms with Crippen molar-refractivity contribution in [1.29, 1.82) is 0 Å². The molecule has 1 unspecified atom stereocenters. The third-order valence-corrected chi connectivity index (χ3v) is 4.00. The summed E-state index contributed by atoms with van der Waals surface area (Å²) < 4.78 is 7.44. The number of imidazole rings is 1. The minimum atomic E-state index is -0.586. The minimum absolute atomic E-state index is 0.289. The summed E-state index contributed by atoms with van der Waals surface area (Å²) >= 11 is 1.65. The lowest BCUT2D eigenvalue weighted by molar-refractivity contribution is 0.0215. The second kappa shape index (κ2) is 7.31. The Morgan fingerprint density at radius 2 is 2.14 bits per heavy atom. The Hall–Kier alpha value is -2.02. The summed E-state index contributed by atoms with van der Waals surface area (Å²) in [6.45, 7) is 1.25. The number of pyridine rings is 1. The molecule has 5 nitrogen and oxygen atoms in total. The molecule has 0 spiro atoms. The number of aliphatic hydroxyl groups excluding tert-OH is 1. The van der Waals surface area contributed by atoms with Crippen LogP contribution in [0.3, 0.4) is 0 Å². The van der Waals surface area contributed by atoms with Gasteiger partial charge in [0.1, 0.15) is 5.69 Å². The number of aromatic nitrogens is 3. The van der Waals surface area contributed by atoms with Gasteiger partial charge in [0.2, 0.25) is 0 Å². The lowest BCUT2D eigenvalue weighted by Crippen LogP contribution is -2.22. The van der Waals surface area contributed by atoms with Gasteiger partial charge in [-0.15, -0.1) is 11.3 Å². The van der Waals surface area contributed by atoms with Crippen molar-refractivity contribution in [2.45, 2.75) is 19.3 Å². The summed E-state index contributed by atoms with van der Waals surface area (Å²) in [5, 5.41) is 12.1. The molecule has 0 aromatic carbocycles. The average Bonchev–Trinajstić information content (AvgIpc) is 3.20. The third kappa shape index (κ3) is 3.79. The first-order chi connectivity index (χ1) is 10.8. The van der Waals surface area contributed by atoms with Gasteiger partial charge in [0.05, 0.1) is 25.9 Å². The molecule has 0 aliphatic heterocycles. The second-order valence-electron chi connectivity index (χ2n) is 4.87. The number of thiophene rings is 1. The lowest BCUT2D eigenvalue weighted by atomic mass is 10.3. The zero-order valence-corrected chi connectivity index (χ0v) is 12.8. The molecule has 0 bridgehead atoms. The molecule has 0 saturated carbocycles. The Labute approximate surface area is 132 Å². The normalized spacial score (nSPS) is 12.4. The Morgan fingerprint density at radius 1 is 1.18 bits per heavy atom. The molecule has 3 aromatic heterocycles. The maximum Gasteiger partial charge on any atom is 0.158 e. The van der Waals surface area contributed by atoms with Crippen molar-refractivity contribution in [2.75, 3.05) is 6.61 Å². The van der Waals surface area contributed by atoms with Crippen molar-refractivity contribution in [3.63, 3.8) is 0 Å². The number of ether oxygens (including phenoxy) is 1. The van der Waals surface area contributed by atoms with Gasteiger partial charge in [-0.1, -0.05) is 12.1 Å². The fraction of sp³-hybridized carbons (Fsp3) is 0.250. The number of nitrogens with zero attached hydrogens (tertiary/aromatic N) is 3. The summed E-state index contributed by atoms with van der Waals surface area (Å²) in [7, 11) is 0. The molecular weight excluding hydrogens is 298 g/mol. The topological polar surface area (TPSA) is 60.2 Å². The van der Waals surface area contributed by atoms with Crippen LogP contribution in [0.2, 0.25) is 0 Å². The van der Waals surface area contributed by atoms with Crippen molar-refractivity contribution in [2.24, 2.45) is 0 Å². The molecule has 6 heteroatoms. The molecule has 114 valence electrons. The molecule has 0 aliphatic rings. The van der Waals surface area contributed by atoms with Crippen LogP contribution < -0.4 is 0 Å². The predicted molar refractivity (Wildman–Crippen MR) is 85.4 cm³/mol. The van der Waals surface area contributed by atoms with Crippen LogP contribution in [0.5, 0.6) is 0 Å². The number of rotatable bonds is 7. The Bertz CT molecular complexity index is 683. The molecule has 1 atom stereocenters. The van der Waals surface area contributed by atoms with Gasteiger partial charge in [-0.3, -0.25) is 4.98 Å². The van der Waals surface area contributed by atoms with E-state index in [0.717, 1.165) is 16.4 Å². The van der Waals surface area contributed by atoms with Gasteiger partial charge in [-0.25, -0.2) is 4.98 Å². The van der Waals surface area contributed by atoms with E-state index in [1.807, 2.05) is 46.5 Å². The van der Waals surface area contributed by atoms with Crippen LogP contribution in [-0.2, 0) is 17.9 Å². The van der Waals surface area contributed by atoms with Crippen molar-refractivity contribution in [1.82, 2.24) is 14.5 Å². The van der Waals surface area contributed by atoms with Crippen molar-refractivity contribution in [3.05, 3.63) is 59.2 Å². The fourth-order valence-corrected chi connectivity index (χ4v) is 2.80. The highest BCUT2D eigenvalue weighted by atomic mass is 32.1. The van der Waals surface area contributed by atoms with Crippen LogP contribution in [0.15, 0.2) is 54.3 Å². The molecule has 3 heterocycles. The molecule has 3 rings (SSSR count). The highest BCUT2D eigenvalue weighted by Gasteiger charge is 2.11. The minimum Gasteiger partial charge on any atom is -0.389 e. The van der Waals surface area contributed by atoms with Crippen molar-refractivity contribution < 1.29 is 9.84 Å². The Morgan fingerprint density at radius 3 is 2.91 bits per heavy atom. The SMILES string of the molecule is OC(COCc1cccs1)Cn1ccnc1-c1ccccn1. The first-order valence-electron chi connectivity index (χ1n) is 7.03. The van der Waals surface area contributed by atoms with Gasteiger partial charge in [-0.2, -0.15) is 0 Å². The third-order valence-electron chi connectivity index (χ3n) is 3.15. The Balaban J connectivity index is 1.56. The van der Waals surface area contributed by atoms with E-state index in [0.29, 0.717) is 13.2 Å². The highest BCUT2D eigenvalue weighted by Crippen LogP contribution is 2.15. The van der Waals surface area contributed by atoms with Crippen LogP contribution >= 0.6 is 11.3 Å². The van der Waals surface area contributed by atoms with Gasteiger partial charge >= 0.3 is 0 Å². The number of aliphatic hydroxyl groups is 1. The zero-order chi connectivity index (χ0) is 15.2. The molecule has 0 amide bonds. The van der Waals surface area contributed by atoms with Gasteiger partial charge < -0.3 is 14.4 Å². The maximum atomic E-state index is 10.1. The number of hydrogen-bond acceptors (Lipinski definition) is 5. The lowest BCUT2D eigenvalue weighted by Gasteiger charge is -2.13. The van der Waals surface area contributed by atoms with Crippen LogP contribution in [0.4, 0.5) is 0 Å². The monoisotopic (exact) mass is 315 g/mol. The first-order valence-corrected chi connectivity index (χ1v) is 7.91. The zero-order valence-electron chi connectivity index (χ0n) is 12.0. The molecule has 22 heavy (non-hydrogen) atoms. The number of hydrogen-bond donors (Lipinski definition) is 1. The standard InChI is InChI=1S/C16H17N3O2S/c20-13(11-21-12-14-4-3-9-22-14)10-19-8-7-18-16(19)15-5-1-2-6-17-15/h1-9,13,20H,10-12H2. The van der Waals surface area contributed by atoms with E-state index >= 15 is 0 Å². The van der Waals surface area contributed by atoms with Crippen LogP contribution in [0, 0.1) is 0 Å². The summed E-state index contributed by atoms with van der Waals surface area (Å²) in [6, 6.07) is 9.70. The highest BCUT2D eigenvalue weighted by molar-refractivity contribution is 7.09. The largest absolute Gasteiger partial charge is 0.389 e. The van der Waals surface area contributed by atoms with E-state index in [1.165, 1.54) is 0 Å². The second-order valence-corrected chi connectivity index (χ2v) is 5.90. The summed E-state index contributed by atoms with van der Waals surface area (Å²) in [5.41, 5.74) is 0.791. The van der Waals surface area contributed by atoms with E-state index in [9.17, 15) is 5.11 Å². The predicted octanol–water partition coefficient (Wildman–Crippen LogP) is 2.58. The molecular formula is C16H17N3O2S. The molecule has 0 fully saturated rings. The average molecular weight is 315 g/mol. The molecule has 0 aliphatic carbocycles. The Kier molecular flexibility index (Phi) is 4.95. The smallest absolute Gasteiger partial charge is 0.158 e. The van der Waals surface area contributed by atoms with E-state index in [4.69, 9.17) is 4.74 Å². The molecule has 0 radical (unpaired) electrons. The van der Waals surface area contributed by atoms with Crippen LogP contribution in [0.1, 0.15) is 4.88 Å². The summed E-state index contributed by atoms with van der Waals surface area (Å²) in [4.78, 5) is 9.76. The molecule has 3 aromatic rings. The maximum absolute atomic E-state index is 10.1. The fourth-order valence-electron chi connectivity index (χ4n) is 2.15. The van der Waals surface area contributed by atoms with Crippen LogP contribution in [0.25, 0.3) is 11.5 Å². The van der Waals surface area contributed by atoms with Crippen molar-refractivity contribution in [3.8, 4) is 11.5 Å². The van der Waals surface area contributed by atoms with Gasteiger partial charge in [0, 0.05) is 23.5 Å². The summed E-state index contributed by atoms with van der Waals surface area (Å²) in [5.74, 6) is 0.748. The first kappa shape index (κ1) is 14.9.